The highest BCUT2D eigenvalue weighted by Gasteiger charge is 2.09. The van der Waals surface area contributed by atoms with Gasteiger partial charge in [0.1, 0.15) is 0 Å². The Hall–Kier alpha value is -0.0600. The molecule has 0 aromatic heterocycles. The maximum Gasteiger partial charge on any atom is 0.256 e. The van der Waals surface area contributed by atoms with Crippen molar-refractivity contribution in [3.8, 4) is 0 Å². The van der Waals surface area contributed by atoms with Gasteiger partial charge in [0.15, 0.2) is 0 Å². The molecule has 0 saturated carbocycles. The third-order valence-corrected chi connectivity index (χ3v) is 2.70. The average Bonchev–Trinajstić information content (AvgIpc) is 1.86. The fourth-order valence-corrected chi connectivity index (χ4v) is 1.16. The van der Waals surface area contributed by atoms with E-state index in [2.05, 4.69) is 6.58 Å². The molecular formula is C6H11ClO3S. The monoisotopic (exact) mass is 198 g/mol. The summed E-state index contributed by atoms with van der Waals surface area (Å²) < 4.78 is 25.8. The molecule has 0 rings (SSSR count). The smallest absolute Gasteiger partial charge is 0.256 e. The highest BCUT2D eigenvalue weighted by molar-refractivity contribution is 8.16. The van der Waals surface area contributed by atoms with Crippen LogP contribution < -0.4 is 0 Å². The van der Waals surface area contributed by atoms with E-state index in [9.17, 15) is 8.42 Å². The van der Waals surface area contributed by atoms with Crippen LogP contribution in [0.4, 0.5) is 0 Å². The molecule has 0 atom stereocenters. The normalized spacial score (nSPS) is 11.5. The van der Waals surface area contributed by atoms with Gasteiger partial charge in [0.05, 0.1) is 4.91 Å². The van der Waals surface area contributed by atoms with Crippen LogP contribution >= 0.6 is 10.7 Å². The quantitative estimate of drug-likeness (QED) is 0.497. The Labute approximate surface area is 71.4 Å². The van der Waals surface area contributed by atoms with E-state index >= 15 is 0 Å². The zero-order valence-electron chi connectivity index (χ0n) is 6.34. The summed E-state index contributed by atoms with van der Waals surface area (Å²) in [6.07, 6.45) is 0.987. The first kappa shape index (κ1) is 10.9. The fraction of sp³-hybridized carbons (Fsp3) is 0.667. The van der Waals surface area contributed by atoms with Gasteiger partial charge in [0.2, 0.25) is 0 Å². The highest BCUT2D eigenvalue weighted by Crippen LogP contribution is 2.14. The molecule has 0 aliphatic rings. The molecule has 0 aromatic rings. The van der Waals surface area contributed by atoms with Gasteiger partial charge in [-0.25, -0.2) is 8.42 Å². The summed E-state index contributed by atoms with van der Waals surface area (Å²) in [6.45, 7) is 3.84. The van der Waals surface area contributed by atoms with Crippen LogP contribution in [-0.2, 0) is 13.8 Å². The summed E-state index contributed by atoms with van der Waals surface area (Å²) >= 11 is 0. The van der Waals surface area contributed by atoms with Crippen LogP contribution in [0.25, 0.3) is 0 Å². The Balaban J connectivity index is 3.72. The zero-order valence-corrected chi connectivity index (χ0v) is 7.91. The summed E-state index contributed by atoms with van der Waals surface area (Å²) in [5, 5.41) is 0. The van der Waals surface area contributed by atoms with Crippen LogP contribution in [0.1, 0.15) is 12.8 Å². The van der Waals surface area contributed by atoms with Crippen molar-refractivity contribution in [2.45, 2.75) is 12.8 Å². The van der Waals surface area contributed by atoms with E-state index in [-0.39, 0.29) is 4.91 Å². The Morgan fingerprint density at radius 3 is 2.55 bits per heavy atom. The lowest BCUT2D eigenvalue weighted by atomic mass is 10.3. The van der Waals surface area contributed by atoms with E-state index in [4.69, 9.17) is 15.4 Å². The van der Waals surface area contributed by atoms with Crippen LogP contribution in [0, 0.1) is 0 Å². The maximum absolute atomic E-state index is 10.6. The molecule has 0 fully saturated rings. The van der Waals surface area contributed by atoms with E-state index in [1.54, 1.807) is 7.11 Å². The molecule has 0 aliphatic heterocycles. The molecule has 0 unspecified atom stereocenters. The van der Waals surface area contributed by atoms with Gasteiger partial charge in [-0.15, -0.1) is 0 Å². The minimum atomic E-state index is -3.56. The Morgan fingerprint density at radius 2 is 2.18 bits per heavy atom. The Kier molecular flexibility index (Phi) is 4.72. The summed E-state index contributed by atoms with van der Waals surface area (Å²) in [4.78, 5) is 0.0521. The summed E-state index contributed by atoms with van der Waals surface area (Å²) in [5.74, 6) is 0. The molecule has 3 nitrogen and oxygen atoms in total. The van der Waals surface area contributed by atoms with Crippen LogP contribution in [0.2, 0.25) is 0 Å². The minimum absolute atomic E-state index is 0.0521. The number of methoxy groups -OCH3 is 1. The van der Waals surface area contributed by atoms with E-state index in [1.807, 2.05) is 0 Å². The Morgan fingerprint density at radius 1 is 1.64 bits per heavy atom. The molecule has 0 heterocycles. The van der Waals surface area contributed by atoms with Gasteiger partial charge in [-0.05, 0) is 12.8 Å². The van der Waals surface area contributed by atoms with Gasteiger partial charge in [-0.3, -0.25) is 0 Å². The summed E-state index contributed by atoms with van der Waals surface area (Å²) in [6, 6.07) is 0. The molecule has 0 radical (unpaired) electrons. The van der Waals surface area contributed by atoms with Crippen molar-refractivity contribution in [3.05, 3.63) is 11.5 Å². The number of halogens is 1. The second-order valence-electron chi connectivity index (χ2n) is 2.07. The van der Waals surface area contributed by atoms with E-state index in [0.29, 0.717) is 19.4 Å². The van der Waals surface area contributed by atoms with Crippen molar-refractivity contribution in [2.75, 3.05) is 13.7 Å². The predicted molar refractivity (Wildman–Crippen MR) is 45.0 cm³/mol. The van der Waals surface area contributed by atoms with Gasteiger partial charge in [0.25, 0.3) is 9.05 Å². The molecule has 11 heavy (non-hydrogen) atoms. The summed E-state index contributed by atoms with van der Waals surface area (Å²) in [7, 11) is 2.99. The van der Waals surface area contributed by atoms with Crippen molar-refractivity contribution in [1.29, 1.82) is 0 Å². The van der Waals surface area contributed by atoms with Gasteiger partial charge >= 0.3 is 0 Å². The molecule has 0 saturated heterocycles. The van der Waals surface area contributed by atoms with Crippen LogP contribution in [-0.4, -0.2) is 22.1 Å². The van der Waals surface area contributed by atoms with Crippen LogP contribution in [0.5, 0.6) is 0 Å². The standard InChI is InChI=1S/C6H11ClO3S/c1-6(11(7,8)9)4-3-5-10-2/h1,3-5H2,2H3. The zero-order chi connectivity index (χ0) is 8.91. The molecule has 0 bridgehead atoms. The van der Waals surface area contributed by atoms with Crippen LogP contribution in [0.15, 0.2) is 11.5 Å². The first-order chi connectivity index (χ1) is 4.98. The van der Waals surface area contributed by atoms with Gasteiger partial charge < -0.3 is 4.74 Å². The second-order valence-corrected chi connectivity index (χ2v) is 4.74. The molecular weight excluding hydrogens is 188 g/mol. The number of ether oxygens (including phenoxy) is 1. The van der Waals surface area contributed by atoms with Crippen molar-refractivity contribution >= 4 is 19.7 Å². The second kappa shape index (κ2) is 4.74. The lowest BCUT2D eigenvalue weighted by Gasteiger charge is -1.99. The van der Waals surface area contributed by atoms with E-state index in [0.717, 1.165) is 0 Å². The highest BCUT2D eigenvalue weighted by atomic mass is 35.7. The van der Waals surface area contributed by atoms with Crippen LogP contribution in [0.3, 0.4) is 0 Å². The van der Waals surface area contributed by atoms with Gasteiger partial charge in [0, 0.05) is 24.4 Å². The van der Waals surface area contributed by atoms with Crippen molar-refractivity contribution in [3.63, 3.8) is 0 Å². The molecule has 0 amide bonds. The largest absolute Gasteiger partial charge is 0.385 e. The number of allylic oxidation sites excluding steroid dienone is 1. The molecule has 0 N–H and O–H groups in total. The minimum Gasteiger partial charge on any atom is -0.385 e. The van der Waals surface area contributed by atoms with E-state index < -0.39 is 9.05 Å². The molecule has 66 valence electrons. The number of rotatable bonds is 5. The lowest BCUT2D eigenvalue weighted by Crippen LogP contribution is -1.96. The Bertz CT molecular complexity index is 220. The first-order valence-corrected chi connectivity index (χ1v) is 5.41. The van der Waals surface area contributed by atoms with Crippen molar-refractivity contribution in [2.24, 2.45) is 0 Å². The number of hydrogen-bond donors (Lipinski definition) is 0. The third kappa shape index (κ3) is 5.24. The SMILES string of the molecule is C=C(CCCOC)S(=O)(=O)Cl. The third-order valence-electron chi connectivity index (χ3n) is 1.15. The molecule has 0 spiro atoms. The van der Waals surface area contributed by atoms with Gasteiger partial charge in [-0.2, -0.15) is 0 Å². The molecule has 5 heteroatoms. The fourth-order valence-electron chi connectivity index (χ4n) is 0.536. The van der Waals surface area contributed by atoms with E-state index in [1.165, 1.54) is 0 Å². The topological polar surface area (TPSA) is 43.4 Å². The van der Waals surface area contributed by atoms with Gasteiger partial charge in [-0.1, -0.05) is 6.58 Å². The molecule has 0 aromatic carbocycles. The van der Waals surface area contributed by atoms with Crippen molar-refractivity contribution in [1.82, 2.24) is 0 Å². The maximum atomic E-state index is 10.6. The average molecular weight is 199 g/mol. The lowest BCUT2D eigenvalue weighted by molar-refractivity contribution is 0.195. The summed E-state index contributed by atoms with van der Waals surface area (Å²) in [5.41, 5.74) is 0. The number of hydrogen-bond acceptors (Lipinski definition) is 3. The van der Waals surface area contributed by atoms with Crippen molar-refractivity contribution < 1.29 is 13.2 Å². The first-order valence-electron chi connectivity index (χ1n) is 3.10. The molecule has 0 aliphatic carbocycles. The predicted octanol–water partition coefficient (Wildman–Crippen LogP) is 1.50.